The summed E-state index contributed by atoms with van der Waals surface area (Å²) in [6, 6.07) is 7.87. The Balaban J connectivity index is 1.84. The Labute approximate surface area is 128 Å². The van der Waals surface area contributed by atoms with E-state index >= 15 is 0 Å². The van der Waals surface area contributed by atoms with E-state index in [2.05, 4.69) is 22.2 Å². The van der Waals surface area contributed by atoms with Crippen molar-refractivity contribution in [2.45, 2.75) is 32.2 Å². The van der Waals surface area contributed by atoms with E-state index in [4.69, 9.17) is 5.84 Å². The first-order valence-corrected chi connectivity index (χ1v) is 8.01. The number of aryl methyl sites for hydroxylation is 2. The number of fused-ring (bicyclic) bond motifs is 1. The number of hydrogen-bond acceptors (Lipinski definition) is 4. The van der Waals surface area contributed by atoms with Crippen LogP contribution in [-0.2, 0) is 6.42 Å². The predicted molar refractivity (Wildman–Crippen MR) is 86.5 cm³/mol. The average Bonchev–Trinajstić information content (AvgIpc) is 2.96. The van der Waals surface area contributed by atoms with Crippen molar-refractivity contribution >= 4 is 22.9 Å². The normalized spacial score (nSPS) is 17.1. The molecule has 1 amide bonds. The molecule has 4 N–H and O–H groups in total. The van der Waals surface area contributed by atoms with Gasteiger partial charge in [-0.2, -0.15) is 0 Å². The van der Waals surface area contributed by atoms with Crippen LogP contribution >= 0.6 is 11.3 Å². The number of thiophene rings is 1. The molecule has 4 nitrogen and oxygen atoms in total. The molecule has 1 aromatic heterocycles. The lowest BCUT2D eigenvalue weighted by Crippen LogP contribution is -2.31. The molecule has 0 saturated heterocycles. The summed E-state index contributed by atoms with van der Waals surface area (Å²) >= 11 is 1.78. The Hall–Kier alpha value is -1.85. The zero-order valence-corrected chi connectivity index (χ0v) is 12.8. The summed E-state index contributed by atoms with van der Waals surface area (Å²) in [7, 11) is 0. The molecule has 0 saturated carbocycles. The topological polar surface area (TPSA) is 67.1 Å². The molecular weight excluding hydrogens is 282 g/mol. The highest BCUT2D eigenvalue weighted by molar-refractivity contribution is 7.10. The molecule has 0 radical (unpaired) electrons. The second-order valence-corrected chi connectivity index (χ2v) is 6.41. The molecule has 5 heteroatoms. The number of nitrogens with one attached hydrogen (secondary N) is 2. The molecule has 1 atom stereocenters. The third-order valence-corrected chi connectivity index (χ3v) is 4.93. The van der Waals surface area contributed by atoms with Crippen molar-refractivity contribution in [3.63, 3.8) is 0 Å². The van der Waals surface area contributed by atoms with Crippen molar-refractivity contribution in [1.29, 1.82) is 0 Å². The number of hydrogen-bond donors (Lipinski definition) is 3. The van der Waals surface area contributed by atoms with Crippen LogP contribution in [0.25, 0.3) is 0 Å². The molecule has 2 aromatic rings. The van der Waals surface area contributed by atoms with Crippen LogP contribution in [0.4, 0.5) is 5.69 Å². The quantitative estimate of drug-likeness (QED) is 0.602. The van der Waals surface area contributed by atoms with E-state index in [0.29, 0.717) is 11.3 Å². The van der Waals surface area contributed by atoms with E-state index in [1.807, 2.05) is 25.1 Å². The minimum absolute atomic E-state index is 0.0734. The molecular formula is C16H19N3OS. The fourth-order valence-corrected chi connectivity index (χ4v) is 3.83. The molecule has 0 bridgehead atoms. The van der Waals surface area contributed by atoms with Gasteiger partial charge in [0.2, 0.25) is 0 Å². The largest absolute Gasteiger partial charge is 0.345 e. The molecule has 21 heavy (non-hydrogen) atoms. The Morgan fingerprint density at radius 1 is 1.38 bits per heavy atom. The van der Waals surface area contributed by atoms with Gasteiger partial charge in [0.1, 0.15) is 0 Å². The summed E-state index contributed by atoms with van der Waals surface area (Å²) in [5, 5.41) is 5.26. The number of anilines is 1. The number of carbonyl (C=O) groups is 1. The average molecular weight is 301 g/mol. The third kappa shape index (κ3) is 2.80. The molecule has 1 heterocycles. The standard InChI is InChI=1S/C16H19N3OS/c1-10-5-6-14(19-17)12(9-10)16(20)18-13-3-2-4-15-11(13)7-8-21-15/h5-9,13,19H,2-4,17H2,1H3,(H,18,20). The highest BCUT2D eigenvalue weighted by Crippen LogP contribution is 2.33. The number of rotatable bonds is 3. The molecule has 0 spiro atoms. The lowest BCUT2D eigenvalue weighted by Gasteiger charge is -2.24. The first-order chi connectivity index (χ1) is 10.2. The van der Waals surface area contributed by atoms with Gasteiger partial charge in [0, 0.05) is 4.88 Å². The minimum Gasteiger partial charge on any atom is -0.345 e. The van der Waals surface area contributed by atoms with Crippen molar-refractivity contribution < 1.29 is 4.79 Å². The molecule has 110 valence electrons. The number of hydrazine groups is 1. The third-order valence-electron chi connectivity index (χ3n) is 3.93. The smallest absolute Gasteiger partial charge is 0.253 e. The Bertz CT molecular complexity index is 665. The van der Waals surface area contributed by atoms with Crippen molar-refractivity contribution in [3.8, 4) is 0 Å². The van der Waals surface area contributed by atoms with Gasteiger partial charge in [0.25, 0.3) is 5.91 Å². The lowest BCUT2D eigenvalue weighted by atomic mass is 9.93. The zero-order chi connectivity index (χ0) is 14.8. The van der Waals surface area contributed by atoms with Crippen molar-refractivity contribution in [3.05, 3.63) is 51.2 Å². The maximum absolute atomic E-state index is 12.6. The Kier molecular flexibility index (Phi) is 3.94. The van der Waals surface area contributed by atoms with Gasteiger partial charge in [-0.25, -0.2) is 0 Å². The first kappa shape index (κ1) is 14.1. The maximum atomic E-state index is 12.6. The molecule has 3 rings (SSSR count). The van der Waals surface area contributed by atoms with Crippen LogP contribution in [0.15, 0.2) is 29.6 Å². The monoisotopic (exact) mass is 301 g/mol. The molecule has 0 fully saturated rings. The van der Waals surface area contributed by atoms with Crippen molar-refractivity contribution in [1.82, 2.24) is 5.32 Å². The van der Waals surface area contributed by atoms with Gasteiger partial charge in [-0.3, -0.25) is 10.6 Å². The second-order valence-electron chi connectivity index (χ2n) is 5.41. The number of carbonyl (C=O) groups excluding carboxylic acids is 1. The Morgan fingerprint density at radius 2 is 2.24 bits per heavy atom. The first-order valence-electron chi connectivity index (χ1n) is 7.13. The molecule has 1 aromatic carbocycles. The fraction of sp³-hybridized carbons (Fsp3) is 0.312. The number of amides is 1. The van der Waals surface area contributed by atoms with E-state index in [0.717, 1.165) is 24.8 Å². The van der Waals surface area contributed by atoms with Crippen molar-refractivity contribution in [2.24, 2.45) is 5.84 Å². The van der Waals surface area contributed by atoms with Gasteiger partial charge in [-0.1, -0.05) is 11.6 Å². The van der Waals surface area contributed by atoms with E-state index < -0.39 is 0 Å². The van der Waals surface area contributed by atoms with Gasteiger partial charge in [-0.05, 0) is 55.3 Å². The van der Waals surface area contributed by atoms with E-state index in [9.17, 15) is 4.79 Å². The van der Waals surface area contributed by atoms with E-state index in [-0.39, 0.29) is 11.9 Å². The zero-order valence-electron chi connectivity index (χ0n) is 12.0. The molecule has 0 aliphatic heterocycles. The number of benzene rings is 1. The number of nitrogens with two attached hydrogens (primary N) is 1. The molecule has 1 aliphatic carbocycles. The van der Waals surface area contributed by atoms with Gasteiger partial charge < -0.3 is 10.7 Å². The van der Waals surface area contributed by atoms with Gasteiger partial charge in [-0.15, -0.1) is 11.3 Å². The van der Waals surface area contributed by atoms with Crippen LogP contribution in [-0.4, -0.2) is 5.91 Å². The van der Waals surface area contributed by atoms with E-state index in [1.165, 1.54) is 10.4 Å². The lowest BCUT2D eigenvalue weighted by molar-refractivity contribution is 0.0933. The highest BCUT2D eigenvalue weighted by atomic mass is 32.1. The summed E-state index contributed by atoms with van der Waals surface area (Å²) in [6.45, 7) is 1.97. The van der Waals surface area contributed by atoms with E-state index in [1.54, 1.807) is 11.3 Å². The second kappa shape index (κ2) is 5.87. The summed E-state index contributed by atoms with van der Waals surface area (Å²) in [4.78, 5) is 14.0. The highest BCUT2D eigenvalue weighted by Gasteiger charge is 2.24. The summed E-state index contributed by atoms with van der Waals surface area (Å²) in [5.41, 5.74) is 6.16. The Morgan fingerprint density at radius 3 is 3.05 bits per heavy atom. The van der Waals surface area contributed by atoms with Crippen LogP contribution in [0, 0.1) is 6.92 Å². The SMILES string of the molecule is Cc1ccc(NN)c(C(=O)NC2CCCc3sccc32)c1. The van der Waals surface area contributed by atoms with Crippen LogP contribution in [0.2, 0.25) is 0 Å². The fourth-order valence-electron chi connectivity index (χ4n) is 2.84. The predicted octanol–water partition coefficient (Wildman–Crippen LogP) is 3.15. The van der Waals surface area contributed by atoms with Crippen molar-refractivity contribution in [2.75, 3.05) is 5.43 Å². The summed E-state index contributed by atoms with van der Waals surface area (Å²) in [5.74, 6) is 5.43. The van der Waals surface area contributed by atoms with Crippen LogP contribution in [0.5, 0.6) is 0 Å². The summed E-state index contributed by atoms with van der Waals surface area (Å²) < 4.78 is 0. The van der Waals surface area contributed by atoms with Gasteiger partial charge in [0.05, 0.1) is 17.3 Å². The maximum Gasteiger partial charge on any atom is 0.253 e. The van der Waals surface area contributed by atoms with Gasteiger partial charge in [0.15, 0.2) is 0 Å². The minimum atomic E-state index is -0.0734. The van der Waals surface area contributed by atoms with Gasteiger partial charge >= 0.3 is 0 Å². The molecule has 1 unspecified atom stereocenters. The molecule has 1 aliphatic rings. The van der Waals surface area contributed by atoms with Crippen LogP contribution in [0.3, 0.4) is 0 Å². The van der Waals surface area contributed by atoms with Crippen LogP contribution in [0.1, 0.15) is 45.2 Å². The van der Waals surface area contributed by atoms with Crippen LogP contribution < -0.4 is 16.6 Å². The summed E-state index contributed by atoms with van der Waals surface area (Å²) in [6.07, 6.45) is 3.24. The number of nitrogen functional groups attached to an aromatic ring is 1.